The fraction of sp³-hybridized carbons (Fsp3) is 0.308. The zero-order valence-electron chi connectivity index (χ0n) is 10.3. The van der Waals surface area contributed by atoms with E-state index in [9.17, 15) is 4.79 Å². The van der Waals surface area contributed by atoms with Crippen LogP contribution < -0.4 is 10.9 Å². The van der Waals surface area contributed by atoms with Gasteiger partial charge in [-0.25, -0.2) is 4.98 Å². The van der Waals surface area contributed by atoms with Crippen LogP contribution in [0.25, 0.3) is 0 Å². The van der Waals surface area contributed by atoms with Gasteiger partial charge in [0.25, 0.3) is 5.56 Å². The van der Waals surface area contributed by atoms with E-state index in [1.807, 2.05) is 12.1 Å². The molecule has 0 saturated carbocycles. The Hall–Kier alpha value is -2.17. The summed E-state index contributed by atoms with van der Waals surface area (Å²) in [4.78, 5) is 22.4. The molecule has 0 radical (unpaired) electrons. The monoisotopic (exact) mass is 244 g/mol. The van der Waals surface area contributed by atoms with E-state index in [1.165, 1.54) is 0 Å². The summed E-state index contributed by atoms with van der Waals surface area (Å²) in [5.41, 5.74) is 1.79. The number of aryl methyl sites for hydroxylation is 1. The summed E-state index contributed by atoms with van der Waals surface area (Å²) in [5.74, 6) is 0.516. The van der Waals surface area contributed by atoms with Gasteiger partial charge in [0.05, 0.1) is 0 Å². The Balaban J connectivity index is 2.07. The van der Waals surface area contributed by atoms with Gasteiger partial charge in [-0.2, -0.15) is 0 Å². The van der Waals surface area contributed by atoms with Crippen molar-refractivity contribution in [3.05, 3.63) is 52.2 Å². The third-order valence-electron chi connectivity index (χ3n) is 2.51. The second-order valence-electron chi connectivity index (χ2n) is 4.04. The number of rotatable bonds is 5. The molecule has 0 atom stereocenters. The van der Waals surface area contributed by atoms with Gasteiger partial charge in [0.15, 0.2) is 0 Å². The Bertz CT molecular complexity index is 550. The summed E-state index contributed by atoms with van der Waals surface area (Å²) in [5, 5.41) is 3.11. The molecule has 0 aromatic carbocycles. The zero-order valence-corrected chi connectivity index (χ0v) is 10.3. The first-order chi connectivity index (χ1) is 8.78. The number of aromatic nitrogens is 3. The third kappa shape index (κ3) is 3.41. The van der Waals surface area contributed by atoms with Crippen LogP contribution >= 0.6 is 0 Å². The summed E-state index contributed by atoms with van der Waals surface area (Å²) in [7, 11) is 0. The van der Waals surface area contributed by atoms with E-state index in [0.29, 0.717) is 12.5 Å². The predicted octanol–water partition coefficient (Wildman–Crippen LogP) is 1.73. The van der Waals surface area contributed by atoms with Crippen LogP contribution in [0.2, 0.25) is 0 Å². The summed E-state index contributed by atoms with van der Waals surface area (Å²) in [6.45, 7) is 2.67. The molecule has 2 aromatic rings. The van der Waals surface area contributed by atoms with Crippen LogP contribution in [0.3, 0.4) is 0 Å². The van der Waals surface area contributed by atoms with Crippen molar-refractivity contribution in [1.29, 1.82) is 0 Å². The molecule has 2 heterocycles. The molecule has 0 bridgehead atoms. The molecule has 0 spiro atoms. The molecule has 5 heteroatoms. The van der Waals surface area contributed by atoms with Gasteiger partial charge >= 0.3 is 0 Å². The van der Waals surface area contributed by atoms with Gasteiger partial charge in [-0.05, 0) is 24.1 Å². The van der Waals surface area contributed by atoms with Crippen LogP contribution in [0, 0.1) is 0 Å². The van der Waals surface area contributed by atoms with Gasteiger partial charge in [0.1, 0.15) is 0 Å². The van der Waals surface area contributed by atoms with Crippen molar-refractivity contribution in [2.75, 3.05) is 5.32 Å². The number of aromatic amines is 1. The van der Waals surface area contributed by atoms with Crippen LogP contribution in [0.5, 0.6) is 0 Å². The maximum atomic E-state index is 11.5. The maximum Gasteiger partial charge on any atom is 0.252 e. The summed E-state index contributed by atoms with van der Waals surface area (Å²) in [6.07, 6.45) is 5.26. The standard InChI is InChI=1S/C13H16N4O/c1-2-3-11-8-12(18)17-13(16-11)15-9-10-4-6-14-7-5-10/h4-8H,2-3,9H2,1H3,(H2,15,16,17,18). The molecule has 0 aliphatic carbocycles. The number of nitrogens with zero attached hydrogens (tertiary/aromatic N) is 2. The fourth-order valence-electron chi connectivity index (χ4n) is 1.66. The number of H-pyrrole nitrogens is 1. The second-order valence-corrected chi connectivity index (χ2v) is 4.04. The highest BCUT2D eigenvalue weighted by Crippen LogP contribution is 2.03. The first-order valence-corrected chi connectivity index (χ1v) is 6.01. The Morgan fingerprint density at radius 1 is 1.33 bits per heavy atom. The topological polar surface area (TPSA) is 70.7 Å². The van der Waals surface area contributed by atoms with Crippen molar-refractivity contribution in [2.45, 2.75) is 26.3 Å². The van der Waals surface area contributed by atoms with E-state index in [0.717, 1.165) is 24.1 Å². The van der Waals surface area contributed by atoms with Crippen molar-refractivity contribution in [3.8, 4) is 0 Å². The van der Waals surface area contributed by atoms with Gasteiger partial charge in [0.2, 0.25) is 5.95 Å². The van der Waals surface area contributed by atoms with Crippen LogP contribution in [0.15, 0.2) is 35.4 Å². The predicted molar refractivity (Wildman–Crippen MR) is 70.4 cm³/mol. The normalized spacial score (nSPS) is 10.3. The smallest absolute Gasteiger partial charge is 0.252 e. The number of hydrogen-bond donors (Lipinski definition) is 2. The number of anilines is 1. The minimum atomic E-state index is -0.120. The highest BCUT2D eigenvalue weighted by atomic mass is 16.1. The lowest BCUT2D eigenvalue weighted by Crippen LogP contribution is -2.14. The molecule has 0 aliphatic heterocycles. The molecule has 0 saturated heterocycles. The highest BCUT2D eigenvalue weighted by molar-refractivity contribution is 5.27. The molecule has 0 unspecified atom stereocenters. The minimum absolute atomic E-state index is 0.120. The van der Waals surface area contributed by atoms with Gasteiger partial charge in [-0.15, -0.1) is 0 Å². The van der Waals surface area contributed by atoms with Crippen molar-refractivity contribution >= 4 is 5.95 Å². The molecule has 2 rings (SSSR count). The van der Waals surface area contributed by atoms with Crippen LogP contribution in [-0.4, -0.2) is 15.0 Å². The average Bonchev–Trinajstić information content (AvgIpc) is 2.37. The van der Waals surface area contributed by atoms with Gasteiger partial charge in [-0.3, -0.25) is 14.8 Å². The Morgan fingerprint density at radius 3 is 2.83 bits per heavy atom. The molecule has 94 valence electrons. The molecule has 0 amide bonds. The van der Waals surface area contributed by atoms with Crippen LogP contribution in [0.1, 0.15) is 24.6 Å². The largest absolute Gasteiger partial charge is 0.352 e. The molecule has 0 fully saturated rings. The molecule has 2 N–H and O–H groups in total. The number of hydrogen-bond acceptors (Lipinski definition) is 4. The van der Waals surface area contributed by atoms with Crippen molar-refractivity contribution in [1.82, 2.24) is 15.0 Å². The maximum absolute atomic E-state index is 11.5. The van der Waals surface area contributed by atoms with Gasteiger partial charge in [0, 0.05) is 30.7 Å². The Labute approximate surface area is 105 Å². The minimum Gasteiger partial charge on any atom is -0.352 e. The molecular weight excluding hydrogens is 228 g/mol. The van der Waals surface area contributed by atoms with Gasteiger partial charge in [-0.1, -0.05) is 13.3 Å². The summed E-state index contributed by atoms with van der Waals surface area (Å²) >= 11 is 0. The quantitative estimate of drug-likeness (QED) is 0.840. The lowest BCUT2D eigenvalue weighted by Gasteiger charge is -2.06. The SMILES string of the molecule is CCCc1cc(=O)[nH]c(NCc2ccncc2)n1. The van der Waals surface area contributed by atoms with Crippen LogP contribution in [0.4, 0.5) is 5.95 Å². The molecule has 2 aromatic heterocycles. The second kappa shape index (κ2) is 5.95. The molecule has 0 aliphatic rings. The molecule has 5 nitrogen and oxygen atoms in total. The first kappa shape index (κ1) is 12.3. The zero-order chi connectivity index (χ0) is 12.8. The fourth-order valence-corrected chi connectivity index (χ4v) is 1.66. The first-order valence-electron chi connectivity index (χ1n) is 6.01. The van der Waals surface area contributed by atoms with Crippen molar-refractivity contribution in [2.24, 2.45) is 0 Å². The van der Waals surface area contributed by atoms with E-state index < -0.39 is 0 Å². The summed E-state index contributed by atoms with van der Waals surface area (Å²) < 4.78 is 0. The lowest BCUT2D eigenvalue weighted by atomic mass is 10.2. The third-order valence-corrected chi connectivity index (χ3v) is 2.51. The number of nitrogens with one attached hydrogen (secondary N) is 2. The molecule has 18 heavy (non-hydrogen) atoms. The van der Waals surface area contributed by atoms with Gasteiger partial charge < -0.3 is 5.32 Å². The van der Waals surface area contributed by atoms with Crippen molar-refractivity contribution < 1.29 is 0 Å². The Morgan fingerprint density at radius 2 is 2.11 bits per heavy atom. The van der Waals surface area contributed by atoms with E-state index in [4.69, 9.17) is 0 Å². The summed E-state index contributed by atoms with van der Waals surface area (Å²) in [6, 6.07) is 5.38. The highest BCUT2D eigenvalue weighted by Gasteiger charge is 2.00. The van der Waals surface area contributed by atoms with E-state index in [-0.39, 0.29) is 5.56 Å². The van der Waals surface area contributed by atoms with E-state index in [1.54, 1.807) is 18.5 Å². The Kier molecular flexibility index (Phi) is 4.06. The number of pyridine rings is 1. The van der Waals surface area contributed by atoms with E-state index in [2.05, 4.69) is 27.2 Å². The van der Waals surface area contributed by atoms with Crippen molar-refractivity contribution in [3.63, 3.8) is 0 Å². The molecular formula is C13H16N4O. The lowest BCUT2D eigenvalue weighted by molar-refractivity contribution is 0.864. The van der Waals surface area contributed by atoms with Crippen LogP contribution in [-0.2, 0) is 13.0 Å². The average molecular weight is 244 g/mol. The van der Waals surface area contributed by atoms with E-state index >= 15 is 0 Å².